The Bertz CT molecular complexity index is 544. The van der Waals surface area contributed by atoms with Gasteiger partial charge in [-0.25, -0.2) is 14.6 Å². The molecule has 2 rings (SSSR count). The Balaban J connectivity index is 2.19. The van der Waals surface area contributed by atoms with E-state index in [9.17, 15) is 0 Å². The molecule has 0 aliphatic carbocycles. The minimum absolute atomic E-state index is 0.125. The van der Waals surface area contributed by atoms with E-state index in [1.165, 1.54) is 12.4 Å². The third kappa shape index (κ3) is 2.39. The minimum Gasteiger partial charge on any atom is -0.419 e. The maximum atomic E-state index is 7.18. The molecule has 0 saturated carbocycles. The number of ether oxygens (including phenoxy) is 1. The van der Waals surface area contributed by atoms with Crippen LogP contribution in [0, 0.1) is 12.3 Å². The number of aryl methyl sites for hydroxylation is 2. The highest BCUT2D eigenvalue weighted by Crippen LogP contribution is 2.18. The van der Waals surface area contributed by atoms with Gasteiger partial charge in [-0.3, -0.25) is 5.41 Å². The molecule has 7 heteroatoms. The van der Waals surface area contributed by atoms with Crippen molar-refractivity contribution in [1.82, 2.24) is 19.7 Å². The van der Waals surface area contributed by atoms with Gasteiger partial charge in [0.1, 0.15) is 11.5 Å². The van der Waals surface area contributed by atoms with Crippen LogP contribution in [0.25, 0.3) is 0 Å². The summed E-state index contributed by atoms with van der Waals surface area (Å²) < 4.78 is 7.09. The van der Waals surface area contributed by atoms with Crippen molar-refractivity contribution in [1.29, 1.82) is 5.41 Å². The van der Waals surface area contributed by atoms with Gasteiger partial charge in [0.25, 0.3) is 0 Å². The van der Waals surface area contributed by atoms with Crippen molar-refractivity contribution in [3.8, 4) is 11.8 Å². The Kier molecular flexibility index (Phi) is 2.73. The van der Waals surface area contributed by atoms with Crippen LogP contribution in [0.5, 0.6) is 11.8 Å². The Morgan fingerprint density at radius 1 is 1.41 bits per heavy atom. The maximum absolute atomic E-state index is 7.18. The van der Waals surface area contributed by atoms with Gasteiger partial charge in [-0.2, -0.15) is 5.10 Å². The van der Waals surface area contributed by atoms with Crippen molar-refractivity contribution in [3.63, 3.8) is 0 Å². The molecule has 0 unspecified atom stereocenters. The number of aromatic nitrogens is 4. The maximum Gasteiger partial charge on any atom is 0.239 e. The zero-order valence-electron chi connectivity index (χ0n) is 9.51. The van der Waals surface area contributed by atoms with E-state index >= 15 is 0 Å². The molecule has 88 valence electrons. The third-order valence-corrected chi connectivity index (χ3v) is 2.07. The van der Waals surface area contributed by atoms with Crippen LogP contribution in [-0.4, -0.2) is 25.6 Å². The number of rotatable bonds is 3. The molecule has 7 nitrogen and oxygen atoms in total. The van der Waals surface area contributed by atoms with Crippen molar-refractivity contribution in [3.05, 3.63) is 29.8 Å². The lowest BCUT2D eigenvalue weighted by atomic mass is 10.4. The van der Waals surface area contributed by atoms with Gasteiger partial charge in [0.15, 0.2) is 0 Å². The first-order valence-corrected chi connectivity index (χ1v) is 4.91. The van der Waals surface area contributed by atoms with Crippen LogP contribution in [-0.2, 0) is 7.05 Å². The fraction of sp³-hybridized carbons (Fsp3) is 0.200. The molecule has 2 aromatic heterocycles. The lowest BCUT2D eigenvalue weighted by molar-refractivity contribution is 0.413. The molecule has 0 aliphatic rings. The summed E-state index contributed by atoms with van der Waals surface area (Å²) in [5.74, 6) is 0.783. The van der Waals surface area contributed by atoms with Crippen molar-refractivity contribution in [2.24, 2.45) is 12.8 Å². The molecule has 0 saturated heterocycles. The molecular weight excluding hydrogens is 220 g/mol. The van der Waals surface area contributed by atoms with Crippen LogP contribution in [0.15, 0.2) is 18.5 Å². The largest absolute Gasteiger partial charge is 0.419 e. The molecule has 0 aromatic carbocycles. The Labute approximate surface area is 97.8 Å². The number of nitrogens with two attached hydrogens (primary N) is 1. The highest BCUT2D eigenvalue weighted by molar-refractivity contribution is 5.92. The Morgan fingerprint density at radius 3 is 2.65 bits per heavy atom. The van der Waals surface area contributed by atoms with Crippen LogP contribution in [0.4, 0.5) is 0 Å². The van der Waals surface area contributed by atoms with Gasteiger partial charge in [-0.1, -0.05) is 0 Å². The summed E-state index contributed by atoms with van der Waals surface area (Å²) in [7, 11) is 1.78. The first-order valence-electron chi connectivity index (χ1n) is 4.91. The van der Waals surface area contributed by atoms with E-state index in [0.29, 0.717) is 17.5 Å². The average molecular weight is 232 g/mol. The molecule has 3 N–H and O–H groups in total. The topological polar surface area (TPSA) is 103 Å². The quantitative estimate of drug-likeness (QED) is 0.595. The van der Waals surface area contributed by atoms with Crippen molar-refractivity contribution < 1.29 is 4.74 Å². The summed E-state index contributed by atoms with van der Waals surface area (Å²) in [4.78, 5) is 7.94. The summed E-state index contributed by atoms with van der Waals surface area (Å²) in [5, 5.41) is 11.3. The Hall–Kier alpha value is -2.44. The monoisotopic (exact) mass is 232 g/mol. The zero-order chi connectivity index (χ0) is 12.4. The van der Waals surface area contributed by atoms with Gasteiger partial charge in [0.05, 0.1) is 18.1 Å². The first kappa shape index (κ1) is 11.1. The molecule has 0 radical (unpaired) electrons. The van der Waals surface area contributed by atoms with E-state index in [2.05, 4.69) is 15.1 Å². The lowest BCUT2D eigenvalue weighted by Gasteiger charge is -2.04. The van der Waals surface area contributed by atoms with Crippen molar-refractivity contribution in [2.45, 2.75) is 6.92 Å². The van der Waals surface area contributed by atoms with Crippen molar-refractivity contribution in [2.75, 3.05) is 0 Å². The summed E-state index contributed by atoms with van der Waals surface area (Å²) in [5.41, 5.74) is 6.45. The molecule has 0 atom stereocenters. The van der Waals surface area contributed by atoms with E-state index in [-0.39, 0.29) is 5.84 Å². The number of hydrogen-bond acceptors (Lipinski definition) is 5. The normalized spacial score (nSPS) is 10.2. The molecule has 0 fully saturated rings. The van der Waals surface area contributed by atoms with Crippen LogP contribution >= 0.6 is 0 Å². The zero-order valence-corrected chi connectivity index (χ0v) is 9.51. The molecule has 0 aliphatic heterocycles. The lowest BCUT2D eigenvalue weighted by Crippen LogP contribution is -2.13. The highest BCUT2D eigenvalue weighted by Gasteiger charge is 2.06. The molecule has 0 bridgehead atoms. The van der Waals surface area contributed by atoms with Crippen LogP contribution < -0.4 is 10.5 Å². The molecule has 17 heavy (non-hydrogen) atoms. The second kappa shape index (κ2) is 4.20. The molecule has 0 amide bonds. The van der Waals surface area contributed by atoms with E-state index in [4.69, 9.17) is 15.9 Å². The highest BCUT2D eigenvalue weighted by atomic mass is 16.5. The van der Waals surface area contributed by atoms with Gasteiger partial charge in [0.2, 0.25) is 11.8 Å². The molecule has 0 spiro atoms. The van der Waals surface area contributed by atoms with Gasteiger partial charge >= 0.3 is 0 Å². The summed E-state index contributed by atoms with van der Waals surface area (Å²) >= 11 is 0. The fourth-order valence-corrected chi connectivity index (χ4v) is 1.30. The second-order valence-corrected chi connectivity index (χ2v) is 3.50. The van der Waals surface area contributed by atoms with Crippen LogP contribution in [0.3, 0.4) is 0 Å². The van der Waals surface area contributed by atoms with Gasteiger partial charge in [0, 0.05) is 13.1 Å². The van der Waals surface area contributed by atoms with E-state index in [0.717, 1.165) is 5.69 Å². The Morgan fingerprint density at radius 2 is 2.18 bits per heavy atom. The van der Waals surface area contributed by atoms with Crippen LogP contribution in [0.2, 0.25) is 0 Å². The SMILES string of the molecule is Cc1cc(Oc2cnc(C(=N)N)cn2)n(C)n1. The van der Waals surface area contributed by atoms with E-state index in [1.54, 1.807) is 17.8 Å². The van der Waals surface area contributed by atoms with Crippen molar-refractivity contribution >= 4 is 5.84 Å². The van der Waals surface area contributed by atoms with Gasteiger partial charge < -0.3 is 10.5 Å². The number of hydrogen-bond donors (Lipinski definition) is 2. The fourth-order valence-electron chi connectivity index (χ4n) is 1.30. The molecular formula is C10H12N6O. The van der Waals surface area contributed by atoms with Gasteiger partial charge in [-0.05, 0) is 6.92 Å². The predicted molar refractivity (Wildman–Crippen MR) is 61.1 cm³/mol. The summed E-state index contributed by atoms with van der Waals surface area (Å²) in [6.07, 6.45) is 2.81. The van der Waals surface area contributed by atoms with E-state index in [1.807, 2.05) is 6.92 Å². The third-order valence-electron chi connectivity index (χ3n) is 2.07. The predicted octanol–water partition coefficient (Wildman–Crippen LogP) is 0.595. The summed E-state index contributed by atoms with van der Waals surface area (Å²) in [6.45, 7) is 1.87. The van der Waals surface area contributed by atoms with Gasteiger partial charge in [-0.15, -0.1) is 0 Å². The number of nitrogens with zero attached hydrogens (tertiary/aromatic N) is 4. The average Bonchev–Trinajstić information content (AvgIpc) is 2.58. The summed E-state index contributed by atoms with van der Waals surface area (Å²) in [6, 6.07) is 1.79. The van der Waals surface area contributed by atoms with Crippen LogP contribution in [0.1, 0.15) is 11.4 Å². The number of nitrogens with one attached hydrogen (secondary N) is 1. The standard InChI is InChI=1S/C10H12N6O/c1-6-3-9(16(2)15-6)17-8-5-13-7(4-14-8)10(11)12/h3-5H,1-2H3,(H3,11,12). The van der Waals surface area contributed by atoms with E-state index < -0.39 is 0 Å². The minimum atomic E-state index is -0.125. The first-order chi connectivity index (χ1) is 8.06. The number of amidine groups is 1. The second-order valence-electron chi connectivity index (χ2n) is 3.50. The smallest absolute Gasteiger partial charge is 0.239 e. The number of nitrogen functional groups attached to an aromatic ring is 1. The molecule has 2 aromatic rings. The molecule has 2 heterocycles.